The molecule has 0 spiro atoms. The zero-order valence-electron chi connectivity index (χ0n) is 12.9. The van der Waals surface area contributed by atoms with E-state index in [9.17, 15) is 9.90 Å². The Kier molecular flexibility index (Phi) is 9.43. The van der Waals surface area contributed by atoms with Gasteiger partial charge in [-0.1, -0.05) is 39.5 Å². The normalized spacial score (nSPS) is 20.6. The van der Waals surface area contributed by atoms with Gasteiger partial charge in [0, 0.05) is 13.0 Å². The first-order chi connectivity index (χ1) is 9.03. The SMILES string of the molecule is CCC(C)C(O)CNC(=O)CC1(CN)CCCCC1.Cl. The average Bonchev–Trinajstić information content (AvgIpc) is 2.44. The largest absolute Gasteiger partial charge is 0.391 e. The molecule has 1 rings (SSSR count). The quantitative estimate of drug-likeness (QED) is 0.675. The van der Waals surface area contributed by atoms with Crippen LogP contribution >= 0.6 is 12.4 Å². The molecule has 0 bridgehead atoms. The van der Waals surface area contributed by atoms with Gasteiger partial charge in [-0.2, -0.15) is 0 Å². The van der Waals surface area contributed by atoms with Gasteiger partial charge in [-0.25, -0.2) is 0 Å². The van der Waals surface area contributed by atoms with E-state index < -0.39 is 6.10 Å². The van der Waals surface area contributed by atoms with Gasteiger partial charge in [0.15, 0.2) is 0 Å². The predicted molar refractivity (Wildman–Crippen MR) is 84.9 cm³/mol. The minimum Gasteiger partial charge on any atom is -0.391 e. The Balaban J connectivity index is 0.00000361. The molecule has 120 valence electrons. The van der Waals surface area contributed by atoms with Crippen molar-refractivity contribution in [1.29, 1.82) is 0 Å². The molecule has 0 aromatic carbocycles. The molecular formula is C15H31ClN2O2. The van der Waals surface area contributed by atoms with Crippen LogP contribution < -0.4 is 11.1 Å². The van der Waals surface area contributed by atoms with Gasteiger partial charge in [-0.15, -0.1) is 12.4 Å². The van der Waals surface area contributed by atoms with Crippen LogP contribution in [-0.4, -0.2) is 30.2 Å². The molecule has 5 heteroatoms. The number of amides is 1. The van der Waals surface area contributed by atoms with E-state index >= 15 is 0 Å². The lowest BCUT2D eigenvalue weighted by atomic mass is 9.71. The number of carbonyl (C=O) groups excluding carboxylic acids is 1. The van der Waals surface area contributed by atoms with Crippen LogP contribution in [0.5, 0.6) is 0 Å². The van der Waals surface area contributed by atoms with Crippen LogP contribution in [0.1, 0.15) is 58.8 Å². The lowest BCUT2D eigenvalue weighted by Crippen LogP contribution is -2.41. The maximum absolute atomic E-state index is 12.0. The van der Waals surface area contributed by atoms with Crippen LogP contribution in [0.25, 0.3) is 0 Å². The Morgan fingerprint density at radius 2 is 1.95 bits per heavy atom. The number of hydrogen-bond acceptors (Lipinski definition) is 3. The average molecular weight is 307 g/mol. The molecule has 2 unspecified atom stereocenters. The first-order valence-electron chi connectivity index (χ1n) is 7.68. The third-order valence-electron chi connectivity index (χ3n) is 4.69. The molecular weight excluding hydrogens is 276 g/mol. The van der Waals surface area contributed by atoms with E-state index in [0.29, 0.717) is 19.5 Å². The smallest absolute Gasteiger partial charge is 0.220 e. The third-order valence-corrected chi connectivity index (χ3v) is 4.69. The molecule has 1 amide bonds. The highest BCUT2D eigenvalue weighted by Crippen LogP contribution is 2.38. The maximum Gasteiger partial charge on any atom is 0.220 e. The van der Waals surface area contributed by atoms with Gasteiger partial charge < -0.3 is 16.2 Å². The van der Waals surface area contributed by atoms with E-state index in [1.54, 1.807) is 0 Å². The summed E-state index contributed by atoms with van der Waals surface area (Å²) in [7, 11) is 0. The second-order valence-corrected chi connectivity index (χ2v) is 6.20. The van der Waals surface area contributed by atoms with Crippen molar-refractivity contribution < 1.29 is 9.90 Å². The summed E-state index contributed by atoms with van der Waals surface area (Å²) < 4.78 is 0. The van der Waals surface area contributed by atoms with Crippen LogP contribution in [0.4, 0.5) is 0 Å². The summed E-state index contributed by atoms with van der Waals surface area (Å²) in [6.45, 7) is 4.99. The van der Waals surface area contributed by atoms with E-state index in [-0.39, 0.29) is 29.6 Å². The van der Waals surface area contributed by atoms with Gasteiger partial charge in [-0.05, 0) is 30.7 Å². The molecule has 1 aliphatic carbocycles. The summed E-state index contributed by atoms with van der Waals surface area (Å²) in [5.41, 5.74) is 5.89. The Hall–Kier alpha value is -0.320. The molecule has 2 atom stereocenters. The van der Waals surface area contributed by atoms with E-state index in [0.717, 1.165) is 19.3 Å². The maximum atomic E-state index is 12.0. The first-order valence-corrected chi connectivity index (χ1v) is 7.68. The topological polar surface area (TPSA) is 75.3 Å². The van der Waals surface area contributed by atoms with Crippen molar-refractivity contribution in [2.75, 3.05) is 13.1 Å². The number of nitrogens with two attached hydrogens (primary N) is 1. The van der Waals surface area contributed by atoms with Gasteiger partial charge in [0.1, 0.15) is 0 Å². The monoisotopic (exact) mass is 306 g/mol. The van der Waals surface area contributed by atoms with Crippen LogP contribution in [0, 0.1) is 11.3 Å². The number of rotatable bonds is 7. The van der Waals surface area contributed by atoms with Crippen LogP contribution in [0.15, 0.2) is 0 Å². The number of halogens is 1. The van der Waals surface area contributed by atoms with Gasteiger partial charge in [0.05, 0.1) is 6.10 Å². The standard InChI is InChI=1S/C15H30N2O2.ClH/c1-3-12(2)13(18)10-17-14(19)9-15(11-16)7-5-4-6-8-15;/h12-13,18H,3-11,16H2,1-2H3,(H,17,19);1H. The van der Waals surface area contributed by atoms with Crippen molar-refractivity contribution in [2.24, 2.45) is 17.1 Å². The van der Waals surface area contributed by atoms with E-state index in [1.807, 2.05) is 13.8 Å². The van der Waals surface area contributed by atoms with E-state index in [1.165, 1.54) is 19.3 Å². The highest BCUT2D eigenvalue weighted by Gasteiger charge is 2.33. The molecule has 4 nitrogen and oxygen atoms in total. The fourth-order valence-electron chi connectivity index (χ4n) is 2.85. The second kappa shape index (κ2) is 9.59. The van der Waals surface area contributed by atoms with Crippen LogP contribution in [0.2, 0.25) is 0 Å². The molecule has 0 aromatic rings. The molecule has 1 aliphatic rings. The molecule has 0 aromatic heterocycles. The minimum atomic E-state index is -0.450. The van der Waals surface area contributed by atoms with Gasteiger partial charge >= 0.3 is 0 Å². The van der Waals surface area contributed by atoms with Crippen molar-refractivity contribution in [3.05, 3.63) is 0 Å². The summed E-state index contributed by atoms with van der Waals surface area (Å²) in [6, 6.07) is 0. The summed E-state index contributed by atoms with van der Waals surface area (Å²) in [4.78, 5) is 12.0. The number of hydrogen-bond donors (Lipinski definition) is 3. The first kappa shape index (κ1) is 19.7. The van der Waals surface area contributed by atoms with Crippen molar-refractivity contribution >= 4 is 18.3 Å². The molecule has 0 radical (unpaired) electrons. The highest BCUT2D eigenvalue weighted by molar-refractivity contribution is 5.85. The summed E-state index contributed by atoms with van der Waals surface area (Å²) in [6.07, 6.45) is 6.72. The third kappa shape index (κ3) is 5.98. The highest BCUT2D eigenvalue weighted by atomic mass is 35.5. The second-order valence-electron chi connectivity index (χ2n) is 6.20. The zero-order chi connectivity index (χ0) is 14.3. The summed E-state index contributed by atoms with van der Waals surface area (Å²) in [5, 5.41) is 12.7. The lowest BCUT2D eigenvalue weighted by molar-refractivity contribution is -0.124. The summed E-state index contributed by atoms with van der Waals surface area (Å²) >= 11 is 0. The van der Waals surface area contributed by atoms with Crippen molar-refractivity contribution in [3.8, 4) is 0 Å². The van der Waals surface area contributed by atoms with Crippen molar-refractivity contribution in [2.45, 2.75) is 64.9 Å². The molecule has 1 fully saturated rings. The van der Waals surface area contributed by atoms with Gasteiger partial charge in [0.25, 0.3) is 0 Å². The summed E-state index contributed by atoms with van der Waals surface area (Å²) in [5.74, 6) is 0.258. The molecule has 0 saturated heterocycles. The molecule has 0 heterocycles. The Bertz CT molecular complexity index is 281. The number of nitrogens with one attached hydrogen (secondary N) is 1. The molecule has 20 heavy (non-hydrogen) atoms. The number of carbonyl (C=O) groups is 1. The molecule has 0 aliphatic heterocycles. The van der Waals surface area contributed by atoms with Gasteiger partial charge in [-0.3, -0.25) is 4.79 Å². The van der Waals surface area contributed by atoms with Crippen molar-refractivity contribution in [1.82, 2.24) is 5.32 Å². The van der Waals surface area contributed by atoms with Gasteiger partial charge in [0.2, 0.25) is 5.91 Å². The zero-order valence-corrected chi connectivity index (χ0v) is 13.7. The van der Waals surface area contributed by atoms with Crippen molar-refractivity contribution in [3.63, 3.8) is 0 Å². The number of aliphatic hydroxyl groups excluding tert-OH is 1. The van der Waals surface area contributed by atoms with Crippen LogP contribution in [0.3, 0.4) is 0 Å². The number of aliphatic hydroxyl groups is 1. The van der Waals surface area contributed by atoms with Crippen LogP contribution in [-0.2, 0) is 4.79 Å². The minimum absolute atomic E-state index is 0. The fraction of sp³-hybridized carbons (Fsp3) is 0.933. The lowest BCUT2D eigenvalue weighted by Gasteiger charge is -2.35. The predicted octanol–water partition coefficient (Wildman–Crippen LogP) is 2.23. The Morgan fingerprint density at radius 1 is 1.35 bits per heavy atom. The Morgan fingerprint density at radius 3 is 2.45 bits per heavy atom. The molecule has 1 saturated carbocycles. The Labute approximate surface area is 129 Å². The fourth-order valence-corrected chi connectivity index (χ4v) is 2.85. The molecule has 4 N–H and O–H groups in total. The van der Waals surface area contributed by atoms with E-state index in [4.69, 9.17) is 5.73 Å². The van der Waals surface area contributed by atoms with E-state index in [2.05, 4.69) is 5.32 Å².